The number of aromatic nitrogens is 1. The molecule has 1 aromatic rings. The number of carbonyl (C=O) groups excluding carboxylic acids is 1. The molecule has 2 rings (SSSR count). The minimum Gasteiger partial charge on any atom is -0.436 e. The van der Waals surface area contributed by atoms with Crippen molar-refractivity contribution in [2.45, 2.75) is 26.3 Å². The van der Waals surface area contributed by atoms with Crippen LogP contribution in [0.2, 0.25) is 0 Å². The van der Waals surface area contributed by atoms with Crippen molar-refractivity contribution in [2.75, 3.05) is 18.6 Å². The lowest BCUT2D eigenvalue weighted by molar-refractivity contribution is 0.0713. The maximum Gasteiger partial charge on any atom is 0.291 e. The first-order valence-electron chi connectivity index (χ1n) is 5.72. The van der Waals surface area contributed by atoms with Crippen LogP contribution in [0, 0.1) is 13.8 Å². The van der Waals surface area contributed by atoms with Gasteiger partial charge in [-0.25, -0.2) is 13.4 Å². The third-order valence-electron chi connectivity index (χ3n) is 3.17. The zero-order chi connectivity index (χ0) is 13.5. The molecule has 100 valence electrons. The van der Waals surface area contributed by atoms with Gasteiger partial charge in [0.15, 0.2) is 15.7 Å². The molecular weight excluding hydrogens is 256 g/mol. The SMILES string of the molecule is Cc1nc(C)c(C(=O)N(C)C2CCS(=O)(=O)C2)o1. The van der Waals surface area contributed by atoms with E-state index in [-0.39, 0.29) is 29.2 Å². The van der Waals surface area contributed by atoms with E-state index in [1.807, 2.05) is 0 Å². The van der Waals surface area contributed by atoms with Crippen LogP contribution < -0.4 is 0 Å². The maximum absolute atomic E-state index is 12.2. The number of hydrogen-bond donors (Lipinski definition) is 0. The van der Waals surface area contributed by atoms with E-state index in [2.05, 4.69) is 4.98 Å². The molecule has 1 aliphatic rings. The second kappa shape index (κ2) is 4.38. The lowest BCUT2D eigenvalue weighted by Crippen LogP contribution is -2.37. The van der Waals surface area contributed by atoms with E-state index in [1.54, 1.807) is 20.9 Å². The molecule has 0 bridgehead atoms. The summed E-state index contributed by atoms with van der Waals surface area (Å²) in [5.74, 6) is 0.489. The van der Waals surface area contributed by atoms with Crippen LogP contribution in [0.25, 0.3) is 0 Å². The van der Waals surface area contributed by atoms with Crippen molar-refractivity contribution >= 4 is 15.7 Å². The van der Waals surface area contributed by atoms with E-state index < -0.39 is 9.84 Å². The zero-order valence-corrected chi connectivity index (χ0v) is 11.5. The molecule has 0 radical (unpaired) electrons. The Hall–Kier alpha value is -1.37. The van der Waals surface area contributed by atoms with Gasteiger partial charge in [0.05, 0.1) is 17.2 Å². The number of sulfone groups is 1. The lowest BCUT2D eigenvalue weighted by atomic mass is 10.2. The van der Waals surface area contributed by atoms with Crippen LogP contribution >= 0.6 is 0 Å². The molecule has 1 amide bonds. The Labute approximate surface area is 106 Å². The fourth-order valence-electron chi connectivity index (χ4n) is 2.14. The summed E-state index contributed by atoms with van der Waals surface area (Å²) in [7, 11) is -1.40. The zero-order valence-electron chi connectivity index (χ0n) is 10.6. The van der Waals surface area contributed by atoms with Gasteiger partial charge in [0.1, 0.15) is 0 Å². The molecule has 0 saturated carbocycles. The number of amides is 1. The van der Waals surface area contributed by atoms with Crippen LogP contribution in [-0.2, 0) is 9.84 Å². The van der Waals surface area contributed by atoms with Crippen molar-refractivity contribution in [2.24, 2.45) is 0 Å². The van der Waals surface area contributed by atoms with E-state index in [0.29, 0.717) is 18.0 Å². The topological polar surface area (TPSA) is 80.5 Å². The van der Waals surface area contributed by atoms with Gasteiger partial charge in [0.25, 0.3) is 5.91 Å². The second-order valence-corrected chi connectivity index (χ2v) is 6.85. The number of carbonyl (C=O) groups is 1. The van der Waals surface area contributed by atoms with Crippen LogP contribution in [0.4, 0.5) is 0 Å². The van der Waals surface area contributed by atoms with E-state index in [4.69, 9.17) is 4.42 Å². The summed E-state index contributed by atoms with van der Waals surface area (Å²) in [5.41, 5.74) is 0.533. The first kappa shape index (κ1) is 13.1. The number of aryl methyl sites for hydroxylation is 2. The van der Waals surface area contributed by atoms with Crippen LogP contribution in [0.1, 0.15) is 28.6 Å². The van der Waals surface area contributed by atoms with Gasteiger partial charge in [-0.15, -0.1) is 0 Å². The van der Waals surface area contributed by atoms with Crippen molar-refractivity contribution in [3.05, 3.63) is 17.3 Å². The summed E-state index contributed by atoms with van der Waals surface area (Å²) in [4.78, 5) is 17.7. The minimum atomic E-state index is -3.00. The number of nitrogens with zero attached hydrogens (tertiary/aromatic N) is 2. The summed E-state index contributed by atoms with van der Waals surface area (Å²) in [5, 5.41) is 0. The van der Waals surface area contributed by atoms with Crippen LogP contribution in [0.5, 0.6) is 0 Å². The van der Waals surface area contributed by atoms with Crippen molar-refractivity contribution in [1.82, 2.24) is 9.88 Å². The number of rotatable bonds is 2. The van der Waals surface area contributed by atoms with Crippen molar-refractivity contribution in [3.8, 4) is 0 Å². The highest BCUT2D eigenvalue weighted by atomic mass is 32.2. The predicted molar refractivity (Wildman–Crippen MR) is 65.1 cm³/mol. The highest BCUT2D eigenvalue weighted by molar-refractivity contribution is 7.91. The molecule has 18 heavy (non-hydrogen) atoms. The van der Waals surface area contributed by atoms with Gasteiger partial charge in [-0.1, -0.05) is 0 Å². The highest BCUT2D eigenvalue weighted by Crippen LogP contribution is 2.20. The van der Waals surface area contributed by atoms with E-state index in [9.17, 15) is 13.2 Å². The average Bonchev–Trinajstić information content (AvgIpc) is 2.79. The van der Waals surface area contributed by atoms with Gasteiger partial charge in [-0.2, -0.15) is 0 Å². The van der Waals surface area contributed by atoms with E-state index >= 15 is 0 Å². The molecule has 0 spiro atoms. The Morgan fingerprint density at radius 2 is 2.11 bits per heavy atom. The maximum atomic E-state index is 12.2. The molecular formula is C11H16N2O4S. The summed E-state index contributed by atoms with van der Waals surface area (Å²) >= 11 is 0. The normalized spacial score (nSPS) is 22.1. The smallest absolute Gasteiger partial charge is 0.291 e. The summed E-state index contributed by atoms with van der Waals surface area (Å²) < 4.78 is 28.1. The van der Waals surface area contributed by atoms with Gasteiger partial charge < -0.3 is 9.32 Å². The molecule has 0 N–H and O–H groups in total. The third-order valence-corrected chi connectivity index (χ3v) is 4.92. The van der Waals surface area contributed by atoms with Crippen LogP contribution in [0.15, 0.2) is 4.42 Å². The largest absolute Gasteiger partial charge is 0.436 e. The van der Waals surface area contributed by atoms with Gasteiger partial charge in [-0.05, 0) is 13.3 Å². The summed E-state index contributed by atoms with van der Waals surface area (Å²) in [6, 6.07) is -0.271. The first-order valence-corrected chi connectivity index (χ1v) is 7.54. The lowest BCUT2D eigenvalue weighted by Gasteiger charge is -2.22. The average molecular weight is 272 g/mol. The molecule has 1 atom stereocenters. The fraction of sp³-hybridized carbons (Fsp3) is 0.636. The van der Waals surface area contributed by atoms with Gasteiger partial charge >= 0.3 is 0 Å². The van der Waals surface area contributed by atoms with Crippen molar-refractivity contribution < 1.29 is 17.6 Å². The molecule has 1 aliphatic heterocycles. The Bertz CT molecular complexity index is 576. The monoisotopic (exact) mass is 272 g/mol. The Kier molecular flexibility index (Phi) is 3.18. The Balaban J connectivity index is 2.17. The highest BCUT2D eigenvalue weighted by Gasteiger charge is 2.34. The molecule has 1 saturated heterocycles. The van der Waals surface area contributed by atoms with E-state index in [0.717, 1.165) is 0 Å². The van der Waals surface area contributed by atoms with Gasteiger partial charge in [0.2, 0.25) is 5.76 Å². The predicted octanol–water partition coefficient (Wildman–Crippen LogP) is 0.551. The number of oxazole rings is 1. The first-order chi connectivity index (χ1) is 8.30. The molecule has 2 heterocycles. The summed E-state index contributed by atoms with van der Waals surface area (Å²) in [6.07, 6.45) is 0.483. The Morgan fingerprint density at radius 1 is 1.44 bits per heavy atom. The van der Waals surface area contributed by atoms with Crippen LogP contribution in [0.3, 0.4) is 0 Å². The molecule has 1 aromatic heterocycles. The summed E-state index contributed by atoms with van der Waals surface area (Å²) in [6.45, 7) is 3.37. The molecule has 7 heteroatoms. The Morgan fingerprint density at radius 3 is 2.56 bits per heavy atom. The quantitative estimate of drug-likeness (QED) is 0.785. The molecule has 6 nitrogen and oxygen atoms in total. The van der Waals surface area contributed by atoms with Crippen LogP contribution in [-0.4, -0.2) is 48.8 Å². The minimum absolute atomic E-state index is 0.0292. The molecule has 0 aliphatic carbocycles. The number of hydrogen-bond acceptors (Lipinski definition) is 5. The second-order valence-electron chi connectivity index (χ2n) is 4.62. The molecule has 1 fully saturated rings. The van der Waals surface area contributed by atoms with E-state index in [1.165, 1.54) is 4.90 Å². The van der Waals surface area contributed by atoms with Gasteiger partial charge in [-0.3, -0.25) is 4.79 Å². The molecule has 0 aromatic carbocycles. The third kappa shape index (κ3) is 2.40. The van der Waals surface area contributed by atoms with Crippen molar-refractivity contribution in [1.29, 1.82) is 0 Å². The molecule has 1 unspecified atom stereocenters. The van der Waals surface area contributed by atoms with Crippen molar-refractivity contribution in [3.63, 3.8) is 0 Å². The standard InChI is InChI=1S/C11H16N2O4S/c1-7-10(17-8(2)12-7)11(14)13(3)9-4-5-18(15,16)6-9/h9H,4-6H2,1-3H3. The fourth-order valence-corrected chi connectivity index (χ4v) is 3.91. The van der Waals surface area contributed by atoms with Gasteiger partial charge in [0, 0.05) is 20.0 Å².